The van der Waals surface area contributed by atoms with Gasteiger partial charge in [-0.25, -0.2) is 4.79 Å². The zero-order valence-corrected chi connectivity index (χ0v) is 24.6. The molecule has 0 aromatic heterocycles. The molecule has 248 valence electrons. The number of Topliss-reactive ketones (excluding diaryl/α,β-unsaturated/α-hetero) is 1. The molecule has 15 heteroatoms. The molecule has 0 spiro atoms. The lowest BCUT2D eigenvalue weighted by Crippen LogP contribution is -2.60. The first-order valence-corrected chi connectivity index (χ1v) is 14.7. The molecule has 47 heavy (non-hydrogen) atoms. The third-order valence-electron chi connectivity index (χ3n) is 9.40. The number of ether oxygens (including phenoxy) is 4. The smallest absolute Gasteiger partial charge is 0.346 e. The van der Waals surface area contributed by atoms with Gasteiger partial charge in [-0.15, -0.1) is 0 Å². The Labute approximate surface area is 265 Å². The summed E-state index contributed by atoms with van der Waals surface area (Å²) in [7, 11) is 0. The van der Waals surface area contributed by atoms with Gasteiger partial charge in [0.05, 0.1) is 31.2 Å². The Morgan fingerprint density at radius 2 is 1.47 bits per heavy atom. The normalized spacial score (nSPS) is 30.2. The van der Waals surface area contributed by atoms with Gasteiger partial charge in [-0.05, 0) is 13.0 Å². The summed E-state index contributed by atoms with van der Waals surface area (Å²) >= 11 is 0. The zero-order chi connectivity index (χ0) is 33.7. The largest absolute Gasteiger partial charge is 0.508 e. The minimum atomic E-state index is -3.02. The number of hydrogen-bond donors (Lipinski definition) is 9. The summed E-state index contributed by atoms with van der Waals surface area (Å²) in [6, 6.07) is 5.42. The number of aliphatic hydroxyl groups excluding tert-OH is 2. The highest BCUT2D eigenvalue weighted by atomic mass is 16.6. The van der Waals surface area contributed by atoms with E-state index in [-0.39, 0.29) is 64.7 Å². The van der Waals surface area contributed by atoms with Crippen molar-refractivity contribution < 1.29 is 74.5 Å². The van der Waals surface area contributed by atoms with Crippen LogP contribution in [-0.4, -0.2) is 93.8 Å². The predicted octanol–water partition coefficient (Wildman–Crippen LogP) is 0.804. The van der Waals surface area contributed by atoms with Crippen molar-refractivity contribution in [2.75, 3.05) is 6.61 Å². The van der Waals surface area contributed by atoms with Crippen LogP contribution in [0.3, 0.4) is 0 Å². The number of aliphatic hydroxyl groups is 3. The number of carbonyl (C=O) groups is 2. The topological polar surface area (TPSA) is 253 Å². The third kappa shape index (κ3) is 4.16. The first kappa shape index (κ1) is 30.5. The van der Waals surface area contributed by atoms with Crippen LogP contribution in [0.25, 0.3) is 0 Å². The monoisotopic (exact) mass is 654 g/mol. The molecule has 3 aromatic rings. The van der Waals surface area contributed by atoms with Gasteiger partial charge in [-0.2, -0.15) is 0 Å². The number of aromatic hydroxyl groups is 6. The number of phenols is 6. The van der Waals surface area contributed by atoms with E-state index in [0.717, 1.165) is 24.3 Å². The molecular formula is C32H30O15. The van der Waals surface area contributed by atoms with Gasteiger partial charge >= 0.3 is 5.97 Å². The van der Waals surface area contributed by atoms with Crippen LogP contribution in [0.4, 0.5) is 0 Å². The maximum absolute atomic E-state index is 13.8. The van der Waals surface area contributed by atoms with Crippen LogP contribution in [-0.2, 0) is 27.2 Å². The lowest BCUT2D eigenvalue weighted by atomic mass is 9.72. The summed E-state index contributed by atoms with van der Waals surface area (Å²) in [6.45, 7) is 1.19. The molecule has 0 bridgehead atoms. The highest BCUT2D eigenvalue weighted by Gasteiger charge is 2.76. The third-order valence-corrected chi connectivity index (χ3v) is 9.40. The van der Waals surface area contributed by atoms with Gasteiger partial charge in [-0.3, -0.25) is 4.79 Å². The Morgan fingerprint density at radius 1 is 0.872 bits per heavy atom. The number of esters is 1. The summed E-state index contributed by atoms with van der Waals surface area (Å²) in [5, 5.41) is 97.7. The van der Waals surface area contributed by atoms with Crippen molar-refractivity contribution in [2.45, 2.75) is 67.7 Å². The van der Waals surface area contributed by atoms with E-state index in [4.69, 9.17) is 18.9 Å². The molecule has 9 N–H and O–H groups in total. The van der Waals surface area contributed by atoms with Gasteiger partial charge in [0, 0.05) is 59.4 Å². The SMILES string of the molecule is CCOC(=O)C1(O)C(=O)C[C@@]2([C@H]3Oc4cc(O)cc(O)c4C[C@H]3O)Oc3c(O)c(O)cc([C@H]4Oc5cc(O)cc(O)c5C[C@H]4O)c3[C@@H]12. The Balaban J connectivity index is 1.44. The molecule has 1 unspecified atom stereocenters. The van der Waals surface area contributed by atoms with E-state index in [0.29, 0.717) is 0 Å². The van der Waals surface area contributed by atoms with Crippen LogP contribution < -0.4 is 14.2 Å². The second-order valence-electron chi connectivity index (χ2n) is 12.2. The molecule has 0 saturated heterocycles. The molecule has 4 aliphatic rings. The van der Waals surface area contributed by atoms with Crippen LogP contribution in [0.5, 0.6) is 51.7 Å². The van der Waals surface area contributed by atoms with Crippen molar-refractivity contribution in [3.63, 3.8) is 0 Å². The number of phenolic OH excluding ortho intramolecular Hbond substituents is 6. The quantitative estimate of drug-likeness (QED) is 0.107. The highest BCUT2D eigenvalue weighted by Crippen LogP contribution is 2.65. The van der Waals surface area contributed by atoms with Crippen molar-refractivity contribution in [1.29, 1.82) is 0 Å². The molecule has 1 aliphatic carbocycles. The van der Waals surface area contributed by atoms with E-state index >= 15 is 0 Å². The molecule has 1 fully saturated rings. The maximum atomic E-state index is 13.8. The second kappa shape index (κ2) is 10.2. The van der Waals surface area contributed by atoms with E-state index in [1.807, 2.05) is 0 Å². The summed E-state index contributed by atoms with van der Waals surface area (Å²) in [4.78, 5) is 27.3. The minimum absolute atomic E-state index is 0.0466. The first-order valence-electron chi connectivity index (χ1n) is 14.7. The molecule has 7 atom stereocenters. The zero-order valence-electron chi connectivity index (χ0n) is 24.6. The second-order valence-corrected chi connectivity index (χ2v) is 12.2. The molecule has 0 amide bonds. The van der Waals surface area contributed by atoms with E-state index in [2.05, 4.69) is 0 Å². The van der Waals surface area contributed by atoms with Crippen LogP contribution >= 0.6 is 0 Å². The number of benzene rings is 3. The van der Waals surface area contributed by atoms with E-state index < -0.39 is 88.5 Å². The summed E-state index contributed by atoms with van der Waals surface area (Å²) in [5.41, 5.74) is -5.34. The fraction of sp³-hybridized carbons (Fsp3) is 0.375. The lowest BCUT2D eigenvalue weighted by molar-refractivity contribution is -0.173. The van der Waals surface area contributed by atoms with E-state index in [1.54, 1.807) is 0 Å². The molecule has 3 aliphatic heterocycles. The van der Waals surface area contributed by atoms with Crippen molar-refractivity contribution in [2.24, 2.45) is 0 Å². The van der Waals surface area contributed by atoms with Crippen LogP contribution in [0, 0.1) is 0 Å². The fourth-order valence-electron chi connectivity index (χ4n) is 7.45. The van der Waals surface area contributed by atoms with Gasteiger partial charge in [0.1, 0.15) is 34.5 Å². The molecule has 7 rings (SSSR count). The Hall–Kier alpha value is -5.12. The Morgan fingerprint density at radius 3 is 2.09 bits per heavy atom. The number of carbonyl (C=O) groups excluding carboxylic acids is 2. The molecule has 3 aromatic carbocycles. The predicted molar refractivity (Wildman–Crippen MR) is 154 cm³/mol. The van der Waals surface area contributed by atoms with Gasteiger partial charge in [0.15, 0.2) is 35.1 Å². The number of hydrogen-bond acceptors (Lipinski definition) is 15. The van der Waals surface area contributed by atoms with Crippen molar-refractivity contribution >= 4 is 11.8 Å². The van der Waals surface area contributed by atoms with Crippen LogP contribution in [0.15, 0.2) is 30.3 Å². The highest BCUT2D eigenvalue weighted by molar-refractivity contribution is 6.11. The Bertz CT molecular complexity index is 1850. The average molecular weight is 655 g/mol. The van der Waals surface area contributed by atoms with E-state index in [9.17, 15) is 55.5 Å². The average Bonchev–Trinajstić information content (AvgIpc) is 3.45. The molecule has 15 nitrogen and oxygen atoms in total. The molecule has 0 radical (unpaired) electrons. The first-order chi connectivity index (χ1) is 22.2. The maximum Gasteiger partial charge on any atom is 0.346 e. The van der Waals surface area contributed by atoms with Crippen LogP contribution in [0.2, 0.25) is 0 Å². The van der Waals surface area contributed by atoms with Crippen molar-refractivity contribution in [1.82, 2.24) is 0 Å². The molecule has 1 saturated carbocycles. The molecule has 3 heterocycles. The van der Waals surface area contributed by atoms with Crippen molar-refractivity contribution in [3.05, 3.63) is 52.6 Å². The number of fused-ring (bicyclic) bond motifs is 5. The minimum Gasteiger partial charge on any atom is -0.508 e. The van der Waals surface area contributed by atoms with Crippen LogP contribution in [0.1, 0.15) is 47.6 Å². The van der Waals surface area contributed by atoms with Gasteiger partial charge in [-0.1, -0.05) is 0 Å². The summed E-state index contributed by atoms with van der Waals surface area (Å²) in [6.07, 6.45) is -7.41. The summed E-state index contributed by atoms with van der Waals surface area (Å²) in [5.74, 6) is -8.09. The number of rotatable bonds is 4. The molecular weight excluding hydrogens is 624 g/mol. The Kier molecular flexibility index (Phi) is 6.62. The van der Waals surface area contributed by atoms with Gasteiger partial charge in [0.25, 0.3) is 0 Å². The standard InChI is InChI=1S/C32H30O15/c1-2-44-30(42)32(43)23(40)10-31(29-20(39)8-14-17(36)4-12(34)6-22(14)46-29)28(32)24-15(9-18(37)25(41)27(24)47-31)26-19(38)7-13-16(35)3-11(33)5-21(13)45-26/h3-6,9,19-20,26,28-29,33-39,41,43H,2,7-8,10H2,1H3/t19-,20-,26-,28-,29+,31-,32?/m1/s1. The van der Waals surface area contributed by atoms with Gasteiger partial charge in [0.2, 0.25) is 11.4 Å². The fourth-order valence-corrected chi connectivity index (χ4v) is 7.45. The van der Waals surface area contributed by atoms with Crippen molar-refractivity contribution in [3.8, 4) is 51.7 Å². The number of ketones is 1. The van der Waals surface area contributed by atoms with Gasteiger partial charge < -0.3 is 64.9 Å². The summed E-state index contributed by atoms with van der Waals surface area (Å²) < 4.78 is 23.4. The lowest BCUT2D eigenvalue weighted by Gasteiger charge is -2.43. The van der Waals surface area contributed by atoms with E-state index in [1.165, 1.54) is 13.0 Å².